The van der Waals surface area contributed by atoms with Crippen molar-refractivity contribution in [3.05, 3.63) is 34.9 Å². The highest BCUT2D eigenvalue weighted by Crippen LogP contribution is 2.21. The standard InChI is InChI=1S/C13H17ClN2O.ClH/c1-10(11-3-2-4-12(14)9-11)13(17)16-7-5-15-6-8-16;/h2-4,9-10,15H,5-8H2,1H3;1H. The van der Waals surface area contributed by atoms with Gasteiger partial charge in [0, 0.05) is 31.2 Å². The number of benzene rings is 1. The zero-order valence-electron chi connectivity index (χ0n) is 10.4. The Morgan fingerprint density at radius 3 is 2.67 bits per heavy atom. The lowest BCUT2D eigenvalue weighted by Crippen LogP contribution is -2.47. The van der Waals surface area contributed by atoms with Crippen molar-refractivity contribution in [2.24, 2.45) is 0 Å². The molecule has 0 aromatic heterocycles. The Morgan fingerprint density at radius 1 is 1.39 bits per heavy atom. The van der Waals surface area contributed by atoms with Crippen molar-refractivity contribution >= 4 is 29.9 Å². The molecule has 1 fully saturated rings. The van der Waals surface area contributed by atoms with Crippen LogP contribution in [-0.4, -0.2) is 37.0 Å². The fraction of sp³-hybridized carbons (Fsp3) is 0.462. The van der Waals surface area contributed by atoms with E-state index in [0.717, 1.165) is 31.7 Å². The third-order valence-electron chi connectivity index (χ3n) is 3.15. The maximum Gasteiger partial charge on any atom is 0.229 e. The number of hydrogen-bond acceptors (Lipinski definition) is 2. The van der Waals surface area contributed by atoms with Gasteiger partial charge < -0.3 is 10.2 Å². The second kappa shape index (κ2) is 6.98. The fourth-order valence-electron chi connectivity index (χ4n) is 2.08. The first-order valence-electron chi connectivity index (χ1n) is 5.93. The summed E-state index contributed by atoms with van der Waals surface area (Å²) in [5.41, 5.74) is 0.987. The number of amides is 1. The second-order valence-corrected chi connectivity index (χ2v) is 4.79. The summed E-state index contributed by atoms with van der Waals surface area (Å²) in [6.45, 7) is 5.30. The van der Waals surface area contributed by atoms with Crippen LogP contribution in [0, 0.1) is 0 Å². The summed E-state index contributed by atoms with van der Waals surface area (Å²) in [4.78, 5) is 14.2. The van der Waals surface area contributed by atoms with E-state index in [1.807, 2.05) is 36.1 Å². The summed E-state index contributed by atoms with van der Waals surface area (Å²) >= 11 is 5.94. The van der Waals surface area contributed by atoms with Crippen molar-refractivity contribution in [1.29, 1.82) is 0 Å². The highest BCUT2D eigenvalue weighted by molar-refractivity contribution is 6.30. The first-order chi connectivity index (χ1) is 8.18. The Morgan fingerprint density at radius 2 is 2.06 bits per heavy atom. The zero-order chi connectivity index (χ0) is 12.3. The van der Waals surface area contributed by atoms with Crippen molar-refractivity contribution in [3.63, 3.8) is 0 Å². The average molecular weight is 289 g/mol. The van der Waals surface area contributed by atoms with Gasteiger partial charge in [-0.2, -0.15) is 0 Å². The molecule has 1 aliphatic heterocycles. The Kier molecular flexibility index (Phi) is 5.93. The number of nitrogens with one attached hydrogen (secondary N) is 1. The van der Waals surface area contributed by atoms with Crippen LogP contribution in [0.4, 0.5) is 0 Å². The van der Waals surface area contributed by atoms with Gasteiger partial charge in [-0.05, 0) is 24.6 Å². The summed E-state index contributed by atoms with van der Waals surface area (Å²) in [6.07, 6.45) is 0. The van der Waals surface area contributed by atoms with E-state index in [9.17, 15) is 4.79 Å². The number of carbonyl (C=O) groups is 1. The van der Waals surface area contributed by atoms with Crippen molar-refractivity contribution < 1.29 is 4.79 Å². The quantitative estimate of drug-likeness (QED) is 0.906. The number of piperazine rings is 1. The van der Waals surface area contributed by atoms with Crippen LogP contribution in [0.25, 0.3) is 0 Å². The van der Waals surface area contributed by atoms with E-state index in [1.165, 1.54) is 0 Å². The molecule has 1 heterocycles. The highest BCUT2D eigenvalue weighted by atomic mass is 35.5. The van der Waals surface area contributed by atoms with Crippen molar-refractivity contribution in [3.8, 4) is 0 Å². The molecular weight excluding hydrogens is 271 g/mol. The molecular formula is C13H18Cl2N2O. The van der Waals surface area contributed by atoms with Crippen LogP contribution in [0.2, 0.25) is 5.02 Å². The average Bonchev–Trinajstić information content (AvgIpc) is 2.38. The minimum absolute atomic E-state index is 0. The fourth-order valence-corrected chi connectivity index (χ4v) is 2.28. The Balaban J connectivity index is 0.00000162. The minimum Gasteiger partial charge on any atom is -0.340 e. The van der Waals surface area contributed by atoms with E-state index in [0.29, 0.717) is 5.02 Å². The summed E-state index contributed by atoms with van der Waals surface area (Å²) in [5, 5.41) is 3.93. The number of carbonyl (C=O) groups excluding carboxylic acids is 1. The van der Waals surface area contributed by atoms with Crippen LogP contribution in [0.3, 0.4) is 0 Å². The normalized spacial score (nSPS) is 16.9. The SMILES string of the molecule is CC(C(=O)N1CCNCC1)c1cccc(Cl)c1.Cl. The predicted octanol–water partition coefficient (Wildman–Crippen LogP) is 2.30. The third-order valence-corrected chi connectivity index (χ3v) is 3.38. The van der Waals surface area contributed by atoms with Gasteiger partial charge in [0.2, 0.25) is 5.91 Å². The van der Waals surface area contributed by atoms with Crippen LogP contribution in [0.1, 0.15) is 18.4 Å². The molecule has 100 valence electrons. The van der Waals surface area contributed by atoms with Crippen LogP contribution in [0.15, 0.2) is 24.3 Å². The second-order valence-electron chi connectivity index (χ2n) is 4.35. The lowest BCUT2D eigenvalue weighted by Gasteiger charge is -2.30. The number of nitrogens with zero attached hydrogens (tertiary/aromatic N) is 1. The molecule has 0 spiro atoms. The van der Waals surface area contributed by atoms with Gasteiger partial charge in [-0.3, -0.25) is 4.79 Å². The first kappa shape index (κ1) is 15.3. The van der Waals surface area contributed by atoms with Gasteiger partial charge in [0.1, 0.15) is 0 Å². The van der Waals surface area contributed by atoms with Crippen LogP contribution in [-0.2, 0) is 4.79 Å². The lowest BCUT2D eigenvalue weighted by atomic mass is 9.99. The van der Waals surface area contributed by atoms with Crippen molar-refractivity contribution in [2.45, 2.75) is 12.8 Å². The van der Waals surface area contributed by atoms with Gasteiger partial charge >= 0.3 is 0 Å². The summed E-state index contributed by atoms with van der Waals surface area (Å²) in [7, 11) is 0. The number of hydrogen-bond donors (Lipinski definition) is 1. The molecule has 1 aromatic carbocycles. The molecule has 1 aliphatic rings. The molecule has 0 bridgehead atoms. The topological polar surface area (TPSA) is 32.3 Å². The number of rotatable bonds is 2. The molecule has 5 heteroatoms. The molecule has 1 aromatic rings. The maximum atomic E-state index is 12.3. The van der Waals surface area contributed by atoms with Crippen LogP contribution >= 0.6 is 24.0 Å². The highest BCUT2D eigenvalue weighted by Gasteiger charge is 2.23. The molecule has 2 rings (SSSR count). The molecule has 0 radical (unpaired) electrons. The lowest BCUT2D eigenvalue weighted by molar-refractivity contribution is -0.133. The van der Waals surface area contributed by atoms with Crippen LogP contribution in [0.5, 0.6) is 0 Å². The van der Waals surface area contributed by atoms with Crippen LogP contribution < -0.4 is 5.32 Å². The van der Waals surface area contributed by atoms with Gasteiger partial charge in [0.15, 0.2) is 0 Å². The molecule has 1 unspecified atom stereocenters. The van der Waals surface area contributed by atoms with E-state index in [2.05, 4.69) is 5.32 Å². The summed E-state index contributed by atoms with van der Waals surface area (Å²) in [5.74, 6) is 0.0700. The van der Waals surface area contributed by atoms with Crippen molar-refractivity contribution in [1.82, 2.24) is 10.2 Å². The summed E-state index contributed by atoms with van der Waals surface area (Å²) in [6, 6.07) is 7.54. The van der Waals surface area contributed by atoms with E-state index in [1.54, 1.807) is 0 Å². The van der Waals surface area contributed by atoms with Crippen molar-refractivity contribution in [2.75, 3.05) is 26.2 Å². The molecule has 18 heavy (non-hydrogen) atoms. The molecule has 1 atom stereocenters. The molecule has 1 amide bonds. The Bertz CT molecular complexity index is 406. The first-order valence-corrected chi connectivity index (χ1v) is 6.31. The molecule has 3 nitrogen and oxygen atoms in total. The van der Waals surface area contributed by atoms with E-state index >= 15 is 0 Å². The van der Waals surface area contributed by atoms with E-state index in [4.69, 9.17) is 11.6 Å². The minimum atomic E-state index is -0.119. The zero-order valence-corrected chi connectivity index (χ0v) is 11.9. The molecule has 0 saturated carbocycles. The molecule has 0 aliphatic carbocycles. The predicted molar refractivity (Wildman–Crippen MR) is 76.6 cm³/mol. The largest absolute Gasteiger partial charge is 0.340 e. The molecule has 1 saturated heterocycles. The van der Waals surface area contributed by atoms with Gasteiger partial charge in [0.05, 0.1) is 5.92 Å². The van der Waals surface area contributed by atoms with Gasteiger partial charge in [0.25, 0.3) is 0 Å². The summed E-state index contributed by atoms with van der Waals surface area (Å²) < 4.78 is 0. The van der Waals surface area contributed by atoms with E-state index in [-0.39, 0.29) is 24.2 Å². The van der Waals surface area contributed by atoms with Gasteiger partial charge in [-0.15, -0.1) is 12.4 Å². The van der Waals surface area contributed by atoms with E-state index < -0.39 is 0 Å². The van der Waals surface area contributed by atoms with Gasteiger partial charge in [-0.25, -0.2) is 0 Å². The number of halogens is 2. The molecule has 1 N–H and O–H groups in total. The Labute approximate surface area is 119 Å². The monoisotopic (exact) mass is 288 g/mol. The Hall–Kier alpha value is -0.770. The third kappa shape index (κ3) is 3.61. The van der Waals surface area contributed by atoms with Gasteiger partial charge in [-0.1, -0.05) is 23.7 Å². The smallest absolute Gasteiger partial charge is 0.229 e. The maximum absolute atomic E-state index is 12.3.